The SMILES string of the molecule is COc1ccc(NC(=O)OCCCN2C(=O)c3ccccc3C2=O)cc1. The Morgan fingerprint density at radius 3 is 2.19 bits per heavy atom. The summed E-state index contributed by atoms with van der Waals surface area (Å²) in [4.78, 5) is 37.3. The monoisotopic (exact) mass is 354 g/mol. The smallest absolute Gasteiger partial charge is 0.411 e. The number of fused-ring (bicyclic) bond motifs is 1. The molecule has 134 valence electrons. The number of nitrogens with one attached hydrogen (secondary N) is 1. The van der Waals surface area contributed by atoms with Crippen LogP contribution in [0.3, 0.4) is 0 Å². The molecule has 0 unspecified atom stereocenters. The molecule has 2 aromatic carbocycles. The van der Waals surface area contributed by atoms with E-state index in [1.54, 1.807) is 55.6 Å². The van der Waals surface area contributed by atoms with Gasteiger partial charge in [-0.1, -0.05) is 12.1 Å². The largest absolute Gasteiger partial charge is 0.497 e. The van der Waals surface area contributed by atoms with E-state index in [0.29, 0.717) is 29.0 Å². The fourth-order valence-electron chi connectivity index (χ4n) is 2.66. The normalized spacial score (nSPS) is 12.7. The van der Waals surface area contributed by atoms with Crippen LogP contribution in [0.25, 0.3) is 0 Å². The van der Waals surface area contributed by atoms with E-state index in [1.807, 2.05) is 0 Å². The first-order chi connectivity index (χ1) is 12.6. The summed E-state index contributed by atoms with van der Waals surface area (Å²) in [6.07, 6.45) is -0.237. The number of rotatable bonds is 6. The summed E-state index contributed by atoms with van der Waals surface area (Å²) in [6.45, 7) is 0.289. The number of anilines is 1. The van der Waals surface area contributed by atoms with Gasteiger partial charge in [0.2, 0.25) is 0 Å². The van der Waals surface area contributed by atoms with Gasteiger partial charge in [-0.15, -0.1) is 0 Å². The van der Waals surface area contributed by atoms with Crippen molar-refractivity contribution >= 4 is 23.6 Å². The number of benzene rings is 2. The Labute approximate surface area is 150 Å². The third-order valence-electron chi connectivity index (χ3n) is 3.97. The number of amides is 3. The van der Waals surface area contributed by atoms with Crippen LogP contribution in [-0.2, 0) is 4.74 Å². The number of hydrogen-bond donors (Lipinski definition) is 1. The molecule has 3 rings (SSSR count). The average Bonchev–Trinajstić information content (AvgIpc) is 2.91. The van der Waals surface area contributed by atoms with Crippen molar-refractivity contribution in [2.45, 2.75) is 6.42 Å². The number of ether oxygens (including phenoxy) is 2. The lowest BCUT2D eigenvalue weighted by Crippen LogP contribution is -2.31. The lowest BCUT2D eigenvalue weighted by atomic mass is 10.1. The highest BCUT2D eigenvalue weighted by molar-refractivity contribution is 6.21. The molecule has 1 aliphatic heterocycles. The summed E-state index contributed by atoms with van der Waals surface area (Å²) >= 11 is 0. The van der Waals surface area contributed by atoms with Gasteiger partial charge >= 0.3 is 6.09 Å². The van der Waals surface area contributed by atoms with Crippen LogP contribution >= 0.6 is 0 Å². The van der Waals surface area contributed by atoms with Crippen LogP contribution in [0.15, 0.2) is 48.5 Å². The molecule has 1 heterocycles. The van der Waals surface area contributed by atoms with Crippen LogP contribution < -0.4 is 10.1 Å². The van der Waals surface area contributed by atoms with Gasteiger partial charge in [0.1, 0.15) is 5.75 Å². The topological polar surface area (TPSA) is 84.9 Å². The Hall–Kier alpha value is -3.35. The van der Waals surface area contributed by atoms with Crippen molar-refractivity contribution in [3.63, 3.8) is 0 Å². The van der Waals surface area contributed by atoms with Crippen LogP contribution in [0.4, 0.5) is 10.5 Å². The van der Waals surface area contributed by atoms with Gasteiger partial charge < -0.3 is 9.47 Å². The zero-order valence-corrected chi connectivity index (χ0v) is 14.2. The van der Waals surface area contributed by atoms with Crippen molar-refractivity contribution in [1.82, 2.24) is 4.90 Å². The molecule has 0 saturated heterocycles. The van der Waals surface area contributed by atoms with Gasteiger partial charge in [0.15, 0.2) is 0 Å². The van der Waals surface area contributed by atoms with Crippen LogP contribution in [-0.4, -0.2) is 43.1 Å². The lowest BCUT2D eigenvalue weighted by Gasteiger charge is -2.13. The minimum atomic E-state index is -0.600. The van der Waals surface area contributed by atoms with Gasteiger partial charge in [-0.25, -0.2) is 4.79 Å². The molecule has 7 nitrogen and oxygen atoms in total. The van der Waals surface area contributed by atoms with Crippen molar-refractivity contribution in [3.05, 3.63) is 59.7 Å². The third kappa shape index (κ3) is 3.66. The maximum absolute atomic E-state index is 12.2. The standard InChI is InChI=1S/C19H18N2O5/c1-25-14-9-7-13(8-10-14)20-19(24)26-12-4-11-21-17(22)15-5-2-3-6-16(15)18(21)23/h2-3,5-10H,4,11-12H2,1H3,(H,20,24). The van der Waals surface area contributed by atoms with Gasteiger partial charge in [0.25, 0.3) is 11.8 Å². The molecule has 1 N–H and O–H groups in total. The lowest BCUT2D eigenvalue weighted by molar-refractivity contribution is 0.0643. The molecule has 0 aromatic heterocycles. The fraction of sp³-hybridized carbons (Fsp3) is 0.211. The van der Waals surface area contributed by atoms with Gasteiger partial charge in [0.05, 0.1) is 24.8 Å². The highest BCUT2D eigenvalue weighted by atomic mass is 16.5. The van der Waals surface area contributed by atoms with Gasteiger partial charge in [-0.2, -0.15) is 0 Å². The van der Waals surface area contributed by atoms with Crippen molar-refractivity contribution in [3.8, 4) is 5.75 Å². The fourth-order valence-corrected chi connectivity index (χ4v) is 2.66. The van der Waals surface area contributed by atoms with Crippen LogP contribution in [0.5, 0.6) is 5.75 Å². The molecule has 1 aliphatic rings. The molecule has 0 bridgehead atoms. The van der Waals surface area contributed by atoms with E-state index < -0.39 is 6.09 Å². The van der Waals surface area contributed by atoms with Gasteiger partial charge in [0, 0.05) is 12.2 Å². The second-order valence-corrected chi connectivity index (χ2v) is 5.65. The summed E-state index contributed by atoms with van der Waals surface area (Å²) in [5.41, 5.74) is 1.41. The highest BCUT2D eigenvalue weighted by Crippen LogP contribution is 2.22. The Bertz CT molecular complexity index is 797. The Morgan fingerprint density at radius 2 is 1.62 bits per heavy atom. The van der Waals surface area contributed by atoms with E-state index in [-0.39, 0.29) is 25.0 Å². The minimum absolute atomic E-state index is 0.0927. The maximum atomic E-state index is 12.2. The van der Waals surface area contributed by atoms with Crippen LogP contribution in [0.1, 0.15) is 27.1 Å². The Balaban J connectivity index is 1.43. The maximum Gasteiger partial charge on any atom is 0.411 e. The number of hydrogen-bond acceptors (Lipinski definition) is 5. The predicted octanol–water partition coefficient (Wildman–Crippen LogP) is 2.93. The molecule has 3 amide bonds. The van der Waals surface area contributed by atoms with Crippen molar-refractivity contribution < 1.29 is 23.9 Å². The number of carbonyl (C=O) groups excluding carboxylic acids is 3. The predicted molar refractivity (Wildman–Crippen MR) is 94.4 cm³/mol. The van der Waals surface area contributed by atoms with Crippen LogP contribution in [0, 0.1) is 0 Å². The summed E-state index contributed by atoms with van der Waals surface area (Å²) in [6, 6.07) is 13.5. The zero-order chi connectivity index (χ0) is 18.5. The third-order valence-corrected chi connectivity index (χ3v) is 3.97. The van der Waals surface area contributed by atoms with Crippen molar-refractivity contribution in [2.24, 2.45) is 0 Å². The van der Waals surface area contributed by atoms with Crippen molar-refractivity contribution in [2.75, 3.05) is 25.6 Å². The molecule has 0 aliphatic carbocycles. The first kappa shape index (κ1) is 17.5. The molecule has 0 saturated carbocycles. The van der Waals surface area contributed by atoms with E-state index in [0.717, 1.165) is 0 Å². The summed E-state index contributed by atoms with van der Waals surface area (Å²) in [7, 11) is 1.56. The number of imide groups is 1. The van der Waals surface area contributed by atoms with Gasteiger partial charge in [-0.05, 0) is 42.8 Å². The molecule has 0 atom stereocenters. The van der Waals surface area contributed by atoms with E-state index in [9.17, 15) is 14.4 Å². The number of carbonyl (C=O) groups is 3. The van der Waals surface area contributed by atoms with Gasteiger partial charge in [-0.3, -0.25) is 19.8 Å². The molecule has 0 radical (unpaired) electrons. The van der Waals surface area contributed by atoms with Crippen LogP contribution in [0.2, 0.25) is 0 Å². The summed E-state index contributed by atoms with van der Waals surface area (Å²) in [5.74, 6) is 0.0615. The molecule has 2 aromatic rings. The molecule has 7 heteroatoms. The second-order valence-electron chi connectivity index (χ2n) is 5.65. The zero-order valence-electron chi connectivity index (χ0n) is 14.2. The summed E-state index contributed by atoms with van der Waals surface area (Å²) < 4.78 is 10.1. The first-order valence-corrected chi connectivity index (χ1v) is 8.13. The molecular formula is C19H18N2O5. The molecule has 26 heavy (non-hydrogen) atoms. The van der Waals surface area contributed by atoms with E-state index >= 15 is 0 Å². The number of nitrogens with zero attached hydrogens (tertiary/aromatic N) is 1. The second kappa shape index (κ2) is 7.69. The average molecular weight is 354 g/mol. The minimum Gasteiger partial charge on any atom is -0.497 e. The number of methoxy groups -OCH3 is 1. The highest BCUT2D eigenvalue weighted by Gasteiger charge is 2.34. The Morgan fingerprint density at radius 1 is 1.00 bits per heavy atom. The molecule has 0 spiro atoms. The van der Waals surface area contributed by atoms with Crippen molar-refractivity contribution in [1.29, 1.82) is 0 Å². The summed E-state index contributed by atoms with van der Waals surface area (Å²) in [5, 5.41) is 2.59. The quantitative estimate of drug-likeness (QED) is 0.637. The molecular weight excluding hydrogens is 336 g/mol. The first-order valence-electron chi connectivity index (χ1n) is 8.13. The van der Waals surface area contributed by atoms with E-state index in [4.69, 9.17) is 9.47 Å². The molecule has 0 fully saturated rings. The van der Waals surface area contributed by atoms with E-state index in [2.05, 4.69) is 5.32 Å². The Kier molecular flexibility index (Phi) is 5.17. The van der Waals surface area contributed by atoms with E-state index in [1.165, 1.54) is 4.90 Å².